The first kappa shape index (κ1) is 21.2. The SMILES string of the molecule is C\C=C(F)/C(=C\C(=C\CC)C1CC1)c1nc2c(o1)CCCC2Nc1nccc2c1CCC2. The molecule has 32 heavy (non-hydrogen) atoms. The highest BCUT2D eigenvalue weighted by molar-refractivity contribution is 5.75. The van der Waals surface area contributed by atoms with Crippen LogP contribution in [0.4, 0.5) is 10.2 Å². The molecule has 1 atom stereocenters. The second-order valence-electron chi connectivity index (χ2n) is 9.15. The fourth-order valence-electron chi connectivity index (χ4n) is 5.02. The summed E-state index contributed by atoms with van der Waals surface area (Å²) >= 11 is 0. The molecule has 2 aromatic rings. The Labute approximate surface area is 189 Å². The van der Waals surface area contributed by atoms with Crippen LogP contribution in [0.15, 0.2) is 46.3 Å². The van der Waals surface area contributed by atoms with Gasteiger partial charge in [-0.25, -0.2) is 14.4 Å². The average molecular weight is 434 g/mol. The van der Waals surface area contributed by atoms with Gasteiger partial charge in [0.1, 0.15) is 23.1 Å². The Bertz CT molecular complexity index is 1090. The number of anilines is 1. The molecule has 3 aliphatic rings. The highest BCUT2D eigenvalue weighted by Gasteiger charge is 2.30. The Balaban J connectivity index is 1.48. The van der Waals surface area contributed by atoms with Crippen LogP contribution in [-0.4, -0.2) is 9.97 Å². The number of fused-ring (bicyclic) bond motifs is 2. The molecule has 0 aromatic carbocycles. The summed E-state index contributed by atoms with van der Waals surface area (Å²) in [5.41, 5.74) is 5.31. The van der Waals surface area contributed by atoms with Crippen molar-refractivity contribution in [3.63, 3.8) is 0 Å². The molecule has 0 bridgehead atoms. The summed E-state index contributed by atoms with van der Waals surface area (Å²) in [4.78, 5) is 9.48. The zero-order valence-electron chi connectivity index (χ0n) is 19.1. The van der Waals surface area contributed by atoms with Gasteiger partial charge in [-0.15, -0.1) is 0 Å². The molecule has 1 unspecified atom stereocenters. The van der Waals surface area contributed by atoms with Gasteiger partial charge in [-0.3, -0.25) is 0 Å². The minimum absolute atomic E-state index is 0.0415. The van der Waals surface area contributed by atoms with Crippen molar-refractivity contribution in [3.8, 4) is 0 Å². The topological polar surface area (TPSA) is 51.0 Å². The van der Waals surface area contributed by atoms with E-state index in [-0.39, 0.29) is 11.9 Å². The second-order valence-corrected chi connectivity index (χ2v) is 9.15. The first-order valence-corrected chi connectivity index (χ1v) is 12.1. The van der Waals surface area contributed by atoms with Crippen molar-refractivity contribution < 1.29 is 8.81 Å². The van der Waals surface area contributed by atoms with Crippen LogP contribution in [0.25, 0.3) is 5.57 Å². The standard InChI is InChI=1S/C27H32FN3O/c1-3-7-19(17-12-13-17)16-21(22(28)4-2)27-31-25-23(10-6-11-24(25)32-27)30-26-20-9-5-8-18(20)14-15-29-26/h4,7,14-17,23H,3,5-6,8-13H2,1-2H3,(H,29,30)/b19-7-,21-16+,22-4+. The van der Waals surface area contributed by atoms with Crippen LogP contribution in [0.1, 0.15) is 86.9 Å². The van der Waals surface area contributed by atoms with Crippen molar-refractivity contribution in [2.75, 3.05) is 5.32 Å². The third-order valence-electron chi connectivity index (χ3n) is 6.83. The smallest absolute Gasteiger partial charge is 0.229 e. The summed E-state index contributed by atoms with van der Waals surface area (Å²) in [5.74, 6) is 2.50. The summed E-state index contributed by atoms with van der Waals surface area (Å²) in [6.07, 6.45) is 17.1. The molecule has 4 nitrogen and oxygen atoms in total. The first-order valence-electron chi connectivity index (χ1n) is 12.1. The molecule has 168 valence electrons. The van der Waals surface area contributed by atoms with Gasteiger partial charge in [0.05, 0.1) is 11.6 Å². The lowest BCUT2D eigenvalue weighted by Gasteiger charge is -2.23. The Kier molecular flexibility index (Phi) is 5.99. The van der Waals surface area contributed by atoms with E-state index >= 15 is 0 Å². The average Bonchev–Trinajstić information content (AvgIpc) is 3.36. The van der Waals surface area contributed by atoms with Crippen LogP contribution in [0.3, 0.4) is 0 Å². The van der Waals surface area contributed by atoms with Gasteiger partial charge in [-0.1, -0.05) is 19.1 Å². The van der Waals surface area contributed by atoms with Gasteiger partial charge in [-0.2, -0.15) is 0 Å². The van der Waals surface area contributed by atoms with Crippen LogP contribution in [0.5, 0.6) is 0 Å². The van der Waals surface area contributed by atoms with Crippen molar-refractivity contribution in [2.24, 2.45) is 5.92 Å². The molecule has 5 rings (SSSR count). The summed E-state index contributed by atoms with van der Waals surface area (Å²) in [5, 5.41) is 3.65. The van der Waals surface area contributed by atoms with Gasteiger partial charge in [0.25, 0.3) is 0 Å². The molecule has 0 aliphatic heterocycles. The Hall–Kier alpha value is -2.69. The van der Waals surface area contributed by atoms with E-state index in [1.165, 1.54) is 42.0 Å². The zero-order chi connectivity index (χ0) is 22.1. The monoisotopic (exact) mass is 433 g/mol. The van der Waals surface area contributed by atoms with Crippen LogP contribution in [-0.2, 0) is 19.3 Å². The van der Waals surface area contributed by atoms with Crippen molar-refractivity contribution in [3.05, 3.63) is 70.4 Å². The first-order chi connectivity index (χ1) is 15.7. The van der Waals surface area contributed by atoms with Crippen molar-refractivity contribution in [1.29, 1.82) is 0 Å². The number of oxazole rings is 1. The lowest BCUT2D eigenvalue weighted by Crippen LogP contribution is -2.18. The fraction of sp³-hybridized carbons (Fsp3) is 0.481. The molecule has 2 aromatic heterocycles. The highest BCUT2D eigenvalue weighted by Crippen LogP contribution is 2.41. The summed E-state index contributed by atoms with van der Waals surface area (Å²) in [7, 11) is 0. The molecule has 0 amide bonds. The number of halogens is 1. The van der Waals surface area contributed by atoms with Gasteiger partial charge in [0.2, 0.25) is 5.89 Å². The van der Waals surface area contributed by atoms with Gasteiger partial charge < -0.3 is 9.73 Å². The molecule has 1 saturated carbocycles. The molecular weight excluding hydrogens is 401 g/mol. The molecule has 3 aliphatic carbocycles. The molecule has 0 spiro atoms. The second kappa shape index (κ2) is 9.05. The maximum atomic E-state index is 15.0. The van der Waals surface area contributed by atoms with E-state index < -0.39 is 0 Å². The number of nitrogens with zero attached hydrogens (tertiary/aromatic N) is 2. The number of hydrogen-bond donors (Lipinski definition) is 1. The number of hydrogen-bond acceptors (Lipinski definition) is 4. The molecular formula is C27H32FN3O. The van der Waals surface area contributed by atoms with Crippen LogP contribution < -0.4 is 5.32 Å². The molecule has 1 N–H and O–H groups in total. The summed E-state index contributed by atoms with van der Waals surface area (Å²) in [6, 6.07) is 2.17. The van der Waals surface area contributed by atoms with E-state index in [1.54, 1.807) is 6.92 Å². The number of aryl methyl sites for hydroxylation is 2. The number of allylic oxidation sites excluding steroid dienone is 6. The molecule has 5 heteroatoms. The lowest BCUT2D eigenvalue weighted by molar-refractivity contribution is 0.452. The molecule has 1 fully saturated rings. The Morgan fingerprint density at radius 1 is 1.22 bits per heavy atom. The van der Waals surface area contributed by atoms with Crippen LogP contribution in [0, 0.1) is 5.92 Å². The van der Waals surface area contributed by atoms with E-state index in [0.29, 0.717) is 17.4 Å². The number of rotatable bonds is 7. The summed E-state index contributed by atoms with van der Waals surface area (Å²) < 4.78 is 21.1. The molecule has 0 saturated heterocycles. The van der Waals surface area contributed by atoms with E-state index in [2.05, 4.69) is 29.4 Å². The van der Waals surface area contributed by atoms with Crippen LogP contribution in [0.2, 0.25) is 0 Å². The van der Waals surface area contributed by atoms with Gasteiger partial charge in [-0.05, 0) is 93.1 Å². The predicted octanol–water partition coefficient (Wildman–Crippen LogP) is 7.05. The Morgan fingerprint density at radius 2 is 2.09 bits per heavy atom. The summed E-state index contributed by atoms with van der Waals surface area (Å²) in [6.45, 7) is 3.84. The largest absolute Gasteiger partial charge is 0.441 e. The number of aromatic nitrogens is 2. The number of pyridine rings is 1. The van der Waals surface area contributed by atoms with E-state index in [9.17, 15) is 4.39 Å². The quantitative estimate of drug-likeness (QED) is 0.475. The maximum absolute atomic E-state index is 15.0. The van der Waals surface area contributed by atoms with Crippen molar-refractivity contribution in [1.82, 2.24) is 9.97 Å². The Morgan fingerprint density at radius 3 is 2.88 bits per heavy atom. The third-order valence-corrected chi connectivity index (χ3v) is 6.83. The normalized spacial score (nSPS) is 21.5. The van der Waals surface area contributed by atoms with Gasteiger partial charge >= 0.3 is 0 Å². The number of nitrogens with one attached hydrogen (secondary N) is 1. The predicted molar refractivity (Wildman–Crippen MR) is 126 cm³/mol. The maximum Gasteiger partial charge on any atom is 0.229 e. The van der Waals surface area contributed by atoms with Gasteiger partial charge in [0.15, 0.2) is 0 Å². The highest BCUT2D eigenvalue weighted by atomic mass is 19.1. The van der Waals surface area contributed by atoms with Crippen LogP contribution >= 0.6 is 0 Å². The van der Waals surface area contributed by atoms with Crippen molar-refractivity contribution >= 4 is 11.4 Å². The molecule has 0 radical (unpaired) electrons. The zero-order valence-corrected chi connectivity index (χ0v) is 19.1. The van der Waals surface area contributed by atoms with Gasteiger partial charge in [0, 0.05) is 12.6 Å². The third kappa shape index (κ3) is 4.17. The van der Waals surface area contributed by atoms with E-state index in [1.807, 2.05) is 12.3 Å². The fourth-order valence-corrected chi connectivity index (χ4v) is 5.02. The molecule has 2 heterocycles. The van der Waals surface area contributed by atoms with Crippen molar-refractivity contribution in [2.45, 2.75) is 77.7 Å². The van der Waals surface area contributed by atoms with E-state index in [0.717, 1.165) is 55.8 Å². The minimum Gasteiger partial charge on any atom is -0.441 e. The lowest BCUT2D eigenvalue weighted by atomic mass is 9.96. The van der Waals surface area contributed by atoms with E-state index in [4.69, 9.17) is 9.40 Å². The minimum atomic E-state index is -0.279.